The summed E-state index contributed by atoms with van der Waals surface area (Å²) in [4.78, 5) is 3.67. The summed E-state index contributed by atoms with van der Waals surface area (Å²) in [5.74, 6) is -1.45. The van der Waals surface area contributed by atoms with Crippen molar-refractivity contribution in [3.63, 3.8) is 0 Å². The third kappa shape index (κ3) is 4.19. The van der Waals surface area contributed by atoms with E-state index in [0.717, 1.165) is 8.99 Å². The molecule has 0 saturated heterocycles. The van der Waals surface area contributed by atoms with Gasteiger partial charge in [0.05, 0.1) is 12.0 Å². The van der Waals surface area contributed by atoms with E-state index >= 15 is 0 Å². The highest BCUT2D eigenvalue weighted by molar-refractivity contribution is 7.89. The van der Waals surface area contributed by atoms with E-state index < -0.39 is 28.1 Å². The molecule has 0 aliphatic carbocycles. The molecule has 180 valence electrons. The van der Waals surface area contributed by atoms with E-state index in [9.17, 15) is 26.7 Å². The molecule has 1 atom stereocenters. The first kappa shape index (κ1) is 23.6. The Hall–Kier alpha value is -3.58. The Morgan fingerprint density at radius 1 is 1.15 bits per heavy atom. The van der Waals surface area contributed by atoms with Crippen molar-refractivity contribution < 1.29 is 31.4 Å². The minimum atomic E-state index is -4.76. The van der Waals surface area contributed by atoms with Crippen molar-refractivity contribution in [2.24, 2.45) is 0 Å². The highest BCUT2D eigenvalue weighted by Gasteiger charge is 2.39. The Bertz CT molecular complexity index is 1370. The fraction of sp³-hybridized carbons (Fsp3) is 0.238. The topological polar surface area (TPSA) is 110 Å². The van der Waals surface area contributed by atoms with Gasteiger partial charge >= 0.3 is 6.18 Å². The van der Waals surface area contributed by atoms with Crippen molar-refractivity contribution >= 4 is 21.7 Å². The minimum Gasteiger partial charge on any atom is -0.504 e. The number of aromatic hydroxyl groups is 1. The Kier molecular flexibility index (Phi) is 5.77. The van der Waals surface area contributed by atoms with Gasteiger partial charge in [0.25, 0.3) is 5.82 Å². The van der Waals surface area contributed by atoms with Crippen molar-refractivity contribution in [1.29, 1.82) is 0 Å². The third-order valence-corrected chi connectivity index (χ3v) is 7.04. The molecule has 4 rings (SSSR count). The number of rotatable bonds is 5. The summed E-state index contributed by atoms with van der Waals surface area (Å²) in [5, 5.41) is 16.4. The van der Waals surface area contributed by atoms with E-state index in [2.05, 4.69) is 15.4 Å². The van der Waals surface area contributed by atoms with Crippen LogP contribution in [0.3, 0.4) is 0 Å². The van der Waals surface area contributed by atoms with E-state index in [0.29, 0.717) is 16.8 Å². The molecular formula is C21H20F3N5O4S. The van der Waals surface area contributed by atoms with E-state index in [1.807, 2.05) is 0 Å². The quantitative estimate of drug-likeness (QED) is 0.559. The number of ether oxygens (including phenoxy) is 1. The maximum Gasteiger partial charge on any atom is 0.453 e. The lowest BCUT2D eigenvalue weighted by molar-refractivity contribution is -0.145. The number of hydrogen-bond acceptors (Lipinski definition) is 7. The van der Waals surface area contributed by atoms with Crippen LogP contribution in [-0.4, -0.2) is 53.8 Å². The number of halogens is 3. The van der Waals surface area contributed by atoms with Crippen LogP contribution in [0.5, 0.6) is 11.5 Å². The van der Waals surface area contributed by atoms with Gasteiger partial charge in [0, 0.05) is 19.8 Å². The van der Waals surface area contributed by atoms with Crippen molar-refractivity contribution in [3.05, 3.63) is 65.5 Å². The molecular weight excluding hydrogens is 475 g/mol. The Balaban J connectivity index is 1.81. The smallest absolute Gasteiger partial charge is 0.453 e. The monoisotopic (exact) mass is 495 g/mol. The molecule has 1 aliphatic heterocycles. The number of allylic oxidation sites excluding steroid dienone is 1. The second-order valence-corrected chi connectivity index (χ2v) is 9.75. The van der Waals surface area contributed by atoms with Gasteiger partial charge in [-0.2, -0.15) is 18.2 Å². The number of nitrogens with one attached hydrogen (secondary N) is 1. The number of anilines is 1. The third-order valence-electron chi connectivity index (χ3n) is 5.21. The van der Waals surface area contributed by atoms with Crippen LogP contribution in [0.2, 0.25) is 0 Å². The summed E-state index contributed by atoms with van der Waals surface area (Å²) >= 11 is 0. The highest BCUT2D eigenvalue weighted by Crippen LogP contribution is 2.38. The van der Waals surface area contributed by atoms with E-state index in [1.165, 1.54) is 51.5 Å². The zero-order valence-electron chi connectivity index (χ0n) is 18.2. The first-order chi connectivity index (χ1) is 15.9. The van der Waals surface area contributed by atoms with Crippen LogP contribution in [0.1, 0.15) is 23.0 Å². The van der Waals surface area contributed by atoms with Gasteiger partial charge in [-0.1, -0.05) is 18.2 Å². The molecule has 0 spiro atoms. The maximum absolute atomic E-state index is 13.3. The molecule has 34 heavy (non-hydrogen) atoms. The molecule has 1 aliphatic rings. The van der Waals surface area contributed by atoms with Crippen LogP contribution in [0.4, 0.5) is 19.1 Å². The lowest BCUT2D eigenvalue weighted by Gasteiger charge is -2.25. The molecule has 0 radical (unpaired) electrons. The lowest BCUT2D eigenvalue weighted by Crippen LogP contribution is -2.22. The normalized spacial score (nSPS) is 16.1. The predicted molar refractivity (Wildman–Crippen MR) is 117 cm³/mol. The fourth-order valence-corrected chi connectivity index (χ4v) is 4.32. The van der Waals surface area contributed by atoms with E-state index in [4.69, 9.17) is 4.74 Å². The molecule has 2 aromatic carbocycles. The number of phenolic OH excluding ortho intramolecular Hbond substituents is 1. The second-order valence-electron chi connectivity index (χ2n) is 7.59. The molecule has 3 aromatic rings. The van der Waals surface area contributed by atoms with Crippen molar-refractivity contribution in [2.45, 2.75) is 17.1 Å². The molecule has 0 saturated carbocycles. The summed E-state index contributed by atoms with van der Waals surface area (Å²) in [6.45, 7) is 0. The average Bonchev–Trinajstić information content (AvgIpc) is 3.24. The first-order valence-corrected chi connectivity index (χ1v) is 11.3. The summed E-state index contributed by atoms with van der Waals surface area (Å²) in [5.41, 5.74) is 1.41. The Morgan fingerprint density at radius 3 is 2.41 bits per heavy atom. The number of phenols is 1. The van der Waals surface area contributed by atoms with Crippen LogP contribution in [0, 0.1) is 0 Å². The molecule has 1 aromatic heterocycles. The Morgan fingerprint density at radius 2 is 1.82 bits per heavy atom. The number of fused-ring (bicyclic) bond motifs is 1. The number of methoxy groups -OCH3 is 1. The molecule has 0 fully saturated rings. The van der Waals surface area contributed by atoms with Gasteiger partial charge in [0.2, 0.25) is 16.0 Å². The largest absolute Gasteiger partial charge is 0.504 e. The van der Waals surface area contributed by atoms with E-state index in [-0.39, 0.29) is 22.3 Å². The van der Waals surface area contributed by atoms with Crippen LogP contribution in [0.25, 0.3) is 5.70 Å². The Labute approximate surface area is 193 Å². The van der Waals surface area contributed by atoms with Crippen LogP contribution in [-0.2, 0) is 16.2 Å². The zero-order chi connectivity index (χ0) is 24.8. The van der Waals surface area contributed by atoms with Crippen LogP contribution in [0.15, 0.2) is 53.4 Å². The van der Waals surface area contributed by atoms with Crippen LogP contribution < -0.4 is 10.1 Å². The predicted octanol–water partition coefficient (Wildman–Crippen LogP) is 3.32. The first-order valence-electron chi connectivity index (χ1n) is 9.84. The standard InChI is InChI=1S/C21H20F3N5O4S/c1-28(2)34(31,32)14-7-4-12(5-8-14)15-11-16(13-6-9-17(30)18(10-13)33-3)29-20(25-15)26-19(27-29)21(22,23)24/h4-11,16,30H,1-3H3,(H,25,26,27)/t16-/m1/s1. The summed E-state index contributed by atoms with van der Waals surface area (Å²) < 4.78 is 71.9. The molecule has 13 heteroatoms. The summed E-state index contributed by atoms with van der Waals surface area (Å²) in [6, 6.07) is 9.47. The molecule has 2 N–H and O–H groups in total. The molecule has 9 nitrogen and oxygen atoms in total. The summed E-state index contributed by atoms with van der Waals surface area (Å²) in [6.07, 6.45) is -3.13. The molecule has 2 heterocycles. The number of nitrogens with zero attached hydrogens (tertiary/aromatic N) is 4. The van der Waals surface area contributed by atoms with Crippen molar-refractivity contribution in [2.75, 3.05) is 26.5 Å². The number of alkyl halides is 3. The number of aromatic nitrogens is 3. The van der Waals surface area contributed by atoms with Gasteiger partial charge in [-0.15, -0.1) is 5.10 Å². The highest BCUT2D eigenvalue weighted by atomic mass is 32.2. The SMILES string of the molecule is COc1cc([C@H]2C=C(c3ccc(S(=O)(=O)N(C)C)cc3)Nc3nc(C(F)(F)F)nn32)ccc1O. The number of sulfonamides is 1. The van der Waals surface area contributed by atoms with Gasteiger partial charge in [0.1, 0.15) is 6.04 Å². The summed E-state index contributed by atoms with van der Waals surface area (Å²) in [7, 11) is 0.534. The number of benzene rings is 2. The van der Waals surface area contributed by atoms with Gasteiger partial charge < -0.3 is 15.2 Å². The van der Waals surface area contributed by atoms with Gasteiger partial charge in [-0.3, -0.25) is 0 Å². The number of hydrogen-bond donors (Lipinski definition) is 2. The van der Waals surface area contributed by atoms with Crippen molar-refractivity contribution in [3.8, 4) is 11.5 Å². The van der Waals surface area contributed by atoms with Gasteiger partial charge in [-0.25, -0.2) is 17.4 Å². The fourth-order valence-electron chi connectivity index (χ4n) is 3.41. The second kappa shape index (κ2) is 8.33. The van der Waals surface area contributed by atoms with Crippen LogP contribution >= 0.6 is 0 Å². The lowest BCUT2D eigenvalue weighted by atomic mass is 10.0. The molecule has 0 unspecified atom stereocenters. The zero-order valence-corrected chi connectivity index (χ0v) is 19.0. The van der Waals surface area contributed by atoms with E-state index in [1.54, 1.807) is 18.2 Å². The minimum absolute atomic E-state index is 0.0694. The average molecular weight is 495 g/mol. The van der Waals surface area contributed by atoms with Crippen molar-refractivity contribution in [1.82, 2.24) is 19.1 Å². The maximum atomic E-state index is 13.3. The molecule has 0 bridgehead atoms. The van der Waals surface area contributed by atoms with Gasteiger partial charge in [-0.05, 0) is 41.5 Å². The molecule has 0 amide bonds. The van der Waals surface area contributed by atoms with Gasteiger partial charge in [0.15, 0.2) is 11.5 Å².